The normalized spacial score (nSPS) is 10.5. The van der Waals surface area contributed by atoms with Crippen LogP contribution in [0.25, 0.3) is 11.2 Å². The van der Waals surface area contributed by atoms with Crippen LogP contribution in [-0.2, 0) is 0 Å². The highest BCUT2D eigenvalue weighted by molar-refractivity contribution is 5.84. The van der Waals surface area contributed by atoms with Gasteiger partial charge in [0.25, 0.3) is 0 Å². The molecule has 0 bridgehead atoms. The monoisotopic (exact) mass is 212 g/mol. The highest BCUT2D eigenvalue weighted by Gasteiger charge is 2.05. The number of pyridine rings is 1. The lowest BCUT2D eigenvalue weighted by Crippen LogP contribution is -1.95. The summed E-state index contributed by atoms with van der Waals surface area (Å²) in [6, 6.07) is 3.77. The average molecular weight is 212 g/mol. The van der Waals surface area contributed by atoms with Gasteiger partial charge in [0.05, 0.1) is 18.2 Å². The number of hydrogen-bond donors (Lipinski definition) is 2. The van der Waals surface area contributed by atoms with Gasteiger partial charge in [-0.15, -0.1) is 0 Å². The summed E-state index contributed by atoms with van der Waals surface area (Å²) >= 11 is 0. The molecule has 3 aromatic heterocycles. The van der Waals surface area contributed by atoms with Crippen molar-refractivity contribution in [2.75, 3.05) is 5.32 Å². The van der Waals surface area contributed by atoms with Gasteiger partial charge in [0.15, 0.2) is 11.5 Å². The van der Waals surface area contributed by atoms with Gasteiger partial charge >= 0.3 is 0 Å². The molecule has 0 fully saturated rings. The second-order valence-corrected chi connectivity index (χ2v) is 3.19. The van der Waals surface area contributed by atoms with Crippen LogP contribution in [0.2, 0.25) is 0 Å². The number of imidazole rings is 1. The summed E-state index contributed by atoms with van der Waals surface area (Å²) in [4.78, 5) is 19.3. The van der Waals surface area contributed by atoms with E-state index in [2.05, 4.69) is 30.2 Å². The third-order valence-corrected chi connectivity index (χ3v) is 2.15. The molecule has 16 heavy (non-hydrogen) atoms. The van der Waals surface area contributed by atoms with Crippen molar-refractivity contribution in [1.29, 1.82) is 0 Å². The van der Waals surface area contributed by atoms with E-state index in [1.807, 2.05) is 12.1 Å². The Morgan fingerprint density at radius 2 is 2.19 bits per heavy atom. The van der Waals surface area contributed by atoms with Gasteiger partial charge in [-0.2, -0.15) is 0 Å². The summed E-state index contributed by atoms with van der Waals surface area (Å²) in [6.45, 7) is 0. The Bertz CT molecular complexity index is 603. The highest BCUT2D eigenvalue weighted by Crippen LogP contribution is 2.18. The van der Waals surface area contributed by atoms with Crippen molar-refractivity contribution >= 4 is 22.7 Å². The lowest BCUT2D eigenvalue weighted by Gasteiger charge is -2.04. The summed E-state index contributed by atoms with van der Waals surface area (Å²) in [5.74, 6) is 0.690. The van der Waals surface area contributed by atoms with Crippen LogP contribution in [0, 0.1) is 0 Å². The maximum atomic E-state index is 4.15. The molecular weight excluding hydrogens is 204 g/mol. The molecule has 3 heterocycles. The summed E-state index contributed by atoms with van der Waals surface area (Å²) in [5.41, 5.74) is 2.30. The fraction of sp³-hybridized carbons (Fsp3) is 0. The first-order valence-electron chi connectivity index (χ1n) is 4.74. The Morgan fingerprint density at radius 3 is 3.06 bits per heavy atom. The van der Waals surface area contributed by atoms with Crippen molar-refractivity contribution in [1.82, 2.24) is 24.9 Å². The van der Waals surface area contributed by atoms with E-state index in [0.717, 1.165) is 11.2 Å². The molecule has 0 aliphatic carbocycles. The Hall–Kier alpha value is -2.50. The van der Waals surface area contributed by atoms with Gasteiger partial charge in [-0.3, -0.25) is 4.98 Å². The first kappa shape index (κ1) is 8.78. The predicted molar refractivity (Wildman–Crippen MR) is 59.2 cm³/mol. The van der Waals surface area contributed by atoms with E-state index >= 15 is 0 Å². The molecule has 6 heteroatoms. The molecule has 0 radical (unpaired) electrons. The predicted octanol–water partition coefficient (Wildman–Crippen LogP) is 1.49. The van der Waals surface area contributed by atoms with Crippen molar-refractivity contribution in [3.63, 3.8) is 0 Å². The quantitative estimate of drug-likeness (QED) is 0.672. The van der Waals surface area contributed by atoms with Gasteiger partial charge < -0.3 is 10.3 Å². The Kier molecular flexibility index (Phi) is 1.96. The molecule has 0 unspecified atom stereocenters. The maximum Gasteiger partial charge on any atom is 0.182 e. The van der Waals surface area contributed by atoms with Gasteiger partial charge in [0.1, 0.15) is 11.8 Å². The van der Waals surface area contributed by atoms with E-state index in [1.165, 1.54) is 6.33 Å². The average Bonchev–Trinajstić information content (AvgIpc) is 2.80. The number of anilines is 2. The number of hydrogen-bond acceptors (Lipinski definition) is 5. The summed E-state index contributed by atoms with van der Waals surface area (Å²) < 4.78 is 0. The lowest BCUT2D eigenvalue weighted by molar-refractivity contribution is 1.19. The third kappa shape index (κ3) is 1.46. The van der Waals surface area contributed by atoms with Crippen LogP contribution in [0.4, 0.5) is 11.5 Å². The summed E-state index contributed by atoms with van der Waals surface area (Å²) in [7, 11) is 0. The van der Waals surface area contributed by atoms with Crippen molar-refractivity contribution in [2.24, 2.45) is 0 Å². The number of aromatic nitrogens is 5. The molecule has 0 saturated heterocycles. The first-order chi connectivity index (χ1) is 7.93. The SMILES string of the molecule is c1cncc(Nc2ncnc3nc[nH]c23)c1. The lowest BCUT2D eigenvalue weighted by atomic mass is 10.4. The van der Waals surface area contributed by atoms with Crippen molar-refractivity contribution < 1.29 is 0 Å². The van der Waals surface area contributed by atoms with Crippen LogP contribution < -0.4 is 5.32 Å². The summed E-state index contributed by atoms with van der Waals surface area (Å²) in [6.07, 6.45) is 6.51. The topological polar surface area (TPSA) is 79.4 Å². The third-order valence-electron chi connectivity index (χ3n) is 2.15. The zero-order chi connectivity index (χ0) is 10.8. The molecule has 0 spiro atoms. The highest BCUT2D eigenvalue weighted by atomic mass is 15.1. The van der Waals surface area contributed by atoms with Gasteiger partial charge in [0, 0.05) is 6.20 Å². The zero-order valence-corrected chi connectivity index (χ0v) is 8.25. The van der Waals surface area contributed by atoms with E-state index < -0.39 is 0 Å². The molecule has 0 aliphatic rings. The molecule has 0 aromatic carbocycles. The maximum absolute atomic E-state index is 4.15. The number of rotatable bonds is 2. The first-order valence-corrected chi connectivity index (χ1v) is 4.74. The van der Waals surface area contributed by atoms with Crippen LogP contribution in [0.5, 0.6) is 0 Å². The number of aromatic amines is 1. The molecule has 3 aromatic rings. The number of nitrogens with one attached hydrogen (secondary N) is 2. The Balaban J connectivity index is 2.04. The number of fused-ring (bicyclic) bond motifs is 1. The molecule has 78 valence electrons. The number of H-pyrrole nitrogens is 1. The van der Waals surface area contributed by atoms with E-state index in [0.29, 0.717) is 11.5 Å². The molecule has 3 rings (SSSR count). The van der Waals surface area contributed by atoms with E-state index in [-0.39, 0.29) is 0 Å². The van der Waals surface area contributed by atoms with Gasteiger partial charge in [-0.05, 0) is 12.1 Å². The smallest absolute Gasteiger partial charge is 0.182 e. The second-order valence-electron chi connectivity index (χ2n) is 3.19. The van der Waals surface area contributed by atoms with Crippen LogP contribution in [0.3, 0.4) is 0 Å². The van der Waals surface area contributed by atoms with Gasteiger partial charge in [-0.25, -0.2) is 15.0 Å². The Labute approximate surface area is 90.8 Å². The van der Waals surface area contributed by atoms with Crippen LogP contribution in [0.15, 0.2) is 37.2 Å². The molecule has 0 aliphatic heterocycles. The molecule has 0 amide bonds. The van der Waals surface area contributed by atoms with Gasteiger partial charge in [-0.1, -0.05) is 0 Å². The molecule has 2 N–H and O–H groups in total. The van der Waals surface area contributed by atoms with Crippen molar-refractivity contribution in [3.05, 3.63) is 37.2 Å². The van der Waals surface area contributed by atoms with Crippen LogP contribution >= 0.6 is 0 Å². The minimum absolute atomic E-state index is 0.640. The summed E-state index contributed by atoms with van der Waals surface area (Å²) in [5, 5.41) is 3.15. The molecule has 0 saturated carbocycles. The molecule has 0 atom stereocenters. The standard InChI is InChI=1S/C10H8N6/c1-2-7(4-11-3-1)16-10-8-9(13-5-12-8)14-6-15-10/h1-6H,(H2,12,13,14,15,16). The number of nitrogens with zero attached hydrogens (tertiary/aromatic N) is 4. The molecule has 6 nitrogen and oxygen atoms in total. The fourth-order valence-corrected chi connectivity index (χ4v) is 1.43. The van der Waals surface area contributed by atoms with Gasteiger partial charge in [0.2, 0.25) is 0 Å². The van der Waals surface area contributed by atoms with E-state index in [4.69, 9.17) is 0 Å². The van der Waals surface area contributed by atoms with E-state index in [1.54, 1.807) is 18.7 Å². The van der Waals surface area contributed by atoms with Crippen molar-refractivity contribution in [2.45, 2.75) is 0 Å². The van der Waals surface area contributed by atoms with Crippen LogP contribution in [-0.4, -0.2) is 24.9 Å². The van der Waals surface area contributed by atoms with E-state index in [9.17, 15) is 0 Å². The minimum Gasteiger partial charge on any atom is -0.340 e. The minimum atomic E-state index is 0.640. The zero-order valence-electron chi connectivity index (χ0n) is 8.25. The Morgan fingerprint density at radius 1 is 1.19 bits per heavy atom. The largest absolute Gasteiger partial charge is 0.340 e. The fourth-order valence-electron chi connectivity index (χ4n) is 1.43. The van der Waals surface area contributed by atoms with Crippen LogP contribution in [0.1, 0.15) is 0 Å². The second kappa shape index (κ2) is 3.58. The molecular formula is C10H8N6. The van der Waals surface area contributed by atoms with Crippen molar-refractivity contribution in [3.8, 4) is 0 Å².